The third-order valence-corrected chi connectivity index (χ3v) is 4.62. The van der Waals surface area contributed by atoms with E-state index in [0.29, 0.717) is 0 Å². The second kappa shape index (κ2) is 7.59. The van der Waals surface area contributed by atoms with Crippen LogP contribution < -0.4 is 10.2 Å². The van der Waals surface area contributed by atoms with Gasteiger partial charge in [-0.05, 0) is 12.1 Å². The first-order valence-electron chi connectivity index (χ1n) is 7.90. The summed E-state index contributed by atoms with van der Waals surface area (Å²) < 4.78 is 0. The number of hydrogen-bond donors (Lipinski definition) is 1. The van der Waals surface area contributed by atoms with Crippen LogP contribution in [0.4, 0.5) is 16.3 Å². The quantitative estimate of drug-likeness (QED) is 0.917. The van der Waals surface area contributed by atoms with Crippen LogP contribution in [0.2, 0.25) is 0 Å². The van der Waals surface area contributed by atoms with E-state index in [1.54, 1.807) is 17.5 Å². The molecule has 1 aliphatic rings. The third kappa shape index (κ3) is 4.21. The zero-order valence-corrected chi connectivity index (χ0v) is 14.8. The fourth-order valence-corrected chi connectivity index (χ4v) is 3.13. The van der Waals surface area contributed by atoms with Crippen LogP contribution in [0.3, 0.4) is 0 Å². The molecule has 0 aromatic carbocycles. The third-order valence-electron chi connectivity index (χ3n) is 3.99. The number of anilines is 2. The molecule has 0 spiro atoms. The maximum Gasteiger partial charge on any atom is 0.321 e. The molecule has 8 heteroatoms. The van der Waals surface area contributed by atoms with Crippen molar-refractivity contribution in [1.82, 2.24) is 19.8 Å². The van der Waals surface area contributed by atoms with Gasteiger partial charge in [-0.3, -0.25) is 4.90 Å². The van der Waals surface area contributed by atoms with Gasteiger partial charge in [0.15, 0.2) is 0 Å². The summed E-state index contributed by atoms with van der Waals surface area (Å²) in [6.45, 7) is 4.03. The van der Waals surface area contributed by atoms with Gasteiger partial charge in [0, 0.05) is 52.2 Å². The number of pyridine rings is 1. The van der Waals surface area contributed by atoms with Gasteiger partial charge >= 0.3 is 6.03 Å². The summed E-state index contributed by atoms with van der Waals surface area (Å²) in [5.41, 5.74) is 3.68. The number of thiazole rings is 1. The van der Waals surface area contributed by atoms with Gasteiger partial charge in [-0.2, -0.15) is 0 Å². The van der Waals surface area contributed by atoms with Gasteiger partial charge in [-0.1, -0.05) is 0 Å². The number of amides is 2. The monoisotopic (exact) mass is 346 g/mol. The minimum Gasteiger partial charge on any atom is -0.363 e. The minimum atomic E-state index is -0.0669. The summed E-state index contributed by atoms with van der Waals surface area (Å²) in [6.07, 6.45) is 1.69. The average molecular weight is 346 g/mol. The van der Waals surface area contributed by atoms with E-state index in [0.717, 1.165) is 49.9 Å². The molecule has 0 unspecified atom stereocenters. The molecule has 1 aliphatic heterocycles. The molecule has 2 aromatic heterocycles. The summed E-state index contributed by atoms with van der Waals surface area (Å²) in [4.78, 5) is 27.1. The van der Waals surface area contributed by atoms with Crippen molar-refractivity contribution in [3.63, 3.8) is 0 Å². The van der Waals surface area contributed by atoms with Crippen molar-refractivity contribution in [2.45, 2.75) is 6.54 Å². The summed E-state index contributed by atoms with van der Waals surface area (Å²) in [5.74, 6) is 0.864. The smallest absolute Gasteiger partial charge is 0.321 e. The maximum atomic E-state index is 12.4. The van der Waals surface area contributed by atoms with Gasteiger partial charge in [-0.15, -0.1) is 11.3 Å². The van der Waals surface area contributed by atoms with Gasteiger partial charge in [0.25, 0.3) is 0 Å². The molecule has 0 bridgehead atoms. The van der Waals surface area contributed by atoms with Gasteiger partial charge in [0.1, 0.15) is 5.82 Å². The zero-order valence-electron chi connectivity index (χ0n) is 14.0. The predicted octanol–water partition coefficient (Wildman–Crippen LogP) is 1.95. The van der Waals surface area contributed by atoms with E-state index in [-0.39, 0.29) is 6.03 Å². The van der Waals surface area contributed by atoms with Crippen molar-refractivity contribution < 1.29 is 4.79 Å². The van der Waals surface area contributed by atoms with E-state index in [1.165, 1.54) is 0 Å². The Balaban J connectivity index is 1.48. The fraction of sp³-hybridized carbons (Fsp3) is 0.438. The number of rotatable bonds is 4. The number of nitrogens with one attached hydrogen (secondary N) is 1. The van der Waals surface area contributed by atoms with Gasteiger partial charge in [-0.25, -0.2) is 14.8 Å². The van der Waals surface area contributed by atoms with E-state index in [9.17, 15) is 4.79 Å². The molecule has 3 heterocycles. The Morgan fingerprint density at radius 1 is 1.25 bits per heavy atom. The van der Waals surface area contributed by atoms with Gasteiger partial charge < -0.3 is 15.1 Å². The highest BCUT2D eigenvalue weighted by atomic mass is 32.1. The van der Waals surface area contributed by atoms with Crippen molar-refractivity contribution in [2.24, 2.45) is 0 Å². The molecule has 24 heavy (non-hydrogen) atoms. The SMILES string of the molecule is CN(C)c1ccc(NC(=O)N2CCN(Cc3cscn3)CC2)cn1. The number of hydrogen-bond acceptors (Lipinski definition) is 6. The number of urea groups is 1. The van der Waals surface area contributed by atoms with Crippen molar-refractivity contribution in [3.05, 3.63) is 34.9 Å². The Labute approximate surface area is 145 Å². The molecule has 3 rings (SSSR count). The molecule has 0 aliphatic carbocycles. The Morgan fingerprint density at radius 2 is 2.04 bits per heavy atom. The molecular weight excluding hydrogens is 324 g/mol. The molecule has 128 valence electrons. The largest absolute Gasteiger partial charge is 0.363 e. The van der Waals surface area contributed by atoms with Crippen LogP contribution in [0.25, 0.3) is 0 Å². The molecular formula is C16H22N6OS. The Morgan fingerprint density at radius 3 is 2.62 bits per heavy atom. The lowest BCUT2D eigenvalue weighted by Crippen LogP contribution is -2.49. The van der Waals surface area contributed by atoms with Gasteiger partial charge in [0.05, 0.1) is 23.1 Å². The molecule has 2 aromatic rings. The summed E-state index contributed by atoms with van der Waals surface area (Å²) in [7, 11) is 3.87. The van der Waals surface area contributed by atoms with Crippen LogP contribution in [0, 0.1) is 0 Å². The van der Waals surface area contributed by atoms with Crippen LogP contribution in [0.5, 0.6) is 0 Å². The molecule has 1 saturated heterocycles. The lowest BCUT2D eigenvalue weighted by molar-refractivity contribution is 0.142. The molecule has 0 radical (unpaired) electrons. The Hall–Kier alpha value is -2.19. The highest BCUT2D eigenvalue weighted by Crippen LogP contribution is 2.14. The van der Waals surface area contributed by atoms with Crippen LogP contribution in [0.15, 0.2) is 29.2 Å². The maximum absolute atomic E-state index is 12.4. The lowest BCUT2D eigenvalue weighted by atomic mass is 10.3. The van der Waals surface area contributed by atoms with Crippen LogP contribution in [-0.2, 0) is 6.54 Å². The molecule has 2 amide bonds. The Kier molecular flexibility index (Phi) is 5.27. The fourth-order valence-electron chi connectivity index (χ4n) is 2.58. The first-order valence-corrected chi connectivity index (χ1v) is 8.85. The topological polar surface area (TPSA) is 64.6 Å². The van der Waals surface area contributed by atoms with E-state index in [4.69, 9.17) is 0 Å². The van der Waals surface area contributed by atoms with E-state index in [2.05, 4.69) is 25.6 Å². The highest BCUT2D eigenvalue weighted by Gasteiger charge is 2.21. The molecule has 1 N–H and O–H groups in total. The normalized spacial score (nSPS) is 15.3. The molecule has 0 atom stereocenters. The van der Waals surface area contributed by atoms with E-state index in [1.807, 2.05) is 41.5 Å². The lowest BCUT2D eigenvalue weighted by Gasteiger charge is -2.34. The number of carbonyl (C=O) groups is 1. The average Bonchev–Trinajstić information content (AvgIpc) is 3.09. The summed E-state index contributed by atoms with van der Waals surface area (Å²) in [6, 6.07) is 3.70. The number of aromatic nitrogens is 2. The van der Waals surface area contributed by atoms with Crippen molar-refractivity contribution in [2.75, 3.05) is 50.5 Å². The van der Waals surface area contributed by atoms with Gasteiger partial charge in [0.2, 0.25) is 0 Å². The van der Waals surface area contributed by atoms with Crippen LogP contribution >= 0.6 is 11.3 Å². The molecule has 1 fully saturated rings. The molecule has 7 nitrogen and oxygen atoms in total. The second-order valence-electron chi connectivity index (χ2n) is 5.97. The zero-order chi connectivity index (χ0) is 16.9. The van der Waals surface area contributed by atoms with Crippen molar-refractivity contribution >= 4 is 28.9 Å². The Bertz CT molecular complexity index is 650. The standard InChI is InChI=1S/C16H22N6OS/c1-20(2)15-4-3-13(9-17-15)19-16(23)22-7-5-21(6-8-22)10-14-11-24-12-18-14/h3-4,9,11-12H,5-8,10H2,1-2H3,(H,19,23). The second-order valence-corrected chi connectivity index (χ2v) is 6.69. The number of nitrogens with zero attached hydrogens (tertiary/aromatic N) is 5. The first kappa shape index (κ1) is 16.7. The highest BCUT2D eigenvalue weighted by molar-refractivity contribution is 7.07. The van der Waals surface area contributed by atoms with Crippen molar-refractivity contribution in [3.8, 4) is 0 Å². The number of carbonyl (C=O) groups excluding carboxylic acids is 1. The number of piperazine rings is 1. The first-order chi connectivity index (χ1) is 11.6. The predicted molar refractivity (Wildman–Crippen MR) is 96.5 cm³/mol. The molecule has 0 saturated carbocycles. The van der Waals surface area contributed by atoms with E-state index >= 15 is 0 Å². The van der Waals surface area contributed by atoms with Crippen LogP contribution in [0.1, 0.15) is 5.69 Å². The van der Waals surface area contributed by atoms with Crippen molar-refractivity contribution in [1.29, 1.82) is 0 Å². The van der Waals surface area contributed by atoms with Crippen LogP contribution in [-0.4, -0.2) is 66.1 Å². The summed E-state index contributed by atoms with van der Waals surface area (Å²) in [5, 5.41) is 4.99. The summed E-state index contributed by atoms with van der Waals surface area (Å²) >= 11 is 1.62. The minimum absolute atomic E-state index is 0.0669. The van der Waals surface area contributed by atoms with E-state index < -0.39 is 0 Å².